The van der Waals surface area contributed by atoms with E-state index in [9.17, 15) is 19.5 Å². The second-order valence-corrected chi connectivity index (χ2v) is 16.0. The SMILES string of the molecule is CCCSc1nc(NCCN)c2nnn(Cc3ccc(C#CC(=O)NCCOCCNC(=O)C#Cc4ccc(Cc5nc(C(O)N[C@H]6COc7ccccc7N(C)C6=O)n[nH]5)cc4)cc3)c2n1. The zero-order valence-corrected chi connectivity index (χ0v) is 37.7. The second kappa shape index (κ2) is 23.7. The minimum Gasteiger partial charge on any atom is -0.489 e. The Labute approximate surface area is 390 Å². The molecule has 3 amide bonds. The minimum absolute atomic E-state index is 0.0273. The highest BCUT2D eigenvalue weighted by Crippen LogP contribution is 2.30. The van der Waals surface area contributed by atoms with E-state index in [4.69, 9.17) is 20.2 Å². The van der Waals surface area contributed by atoms with Crippen LogP contribution in [0.2, 0.25) is 0 Å². The van der Waals surface area contributed by atoms with Crippen LogP contribution in [0.5, 0.6) is 5.75 Å². The number of ether oxygens (including phenoxy) is 2. The first-order valence-corrected chi connectivity index (χ1v) is 22.5. The lowest BCUT2D eigenvalue weighted by atomic mass is 10.1. The van der Waals surface area contributed by atoms with E-state index in [1.54, 1.807) is 47.8 Å². The number of aromatic nitrogens is 8. The summed E-state index contributed by atoms with van der Waals surface area (Å²) in [6.07, 6.45) is 0.0699. The number of likely N-dealkylation sites (N-methyl/N-ethyl adjacent to an activating group) is 1. The summed E-state index contributed by atoms with van der Waals surface area (Å²) in [7, 11) is 1.65. The molecule has 346 valence electrons. The summed E-state index contributed by atoms with van der Waals surface area (Å²) in [4.78, 5) is 52.8. The largest absolute Gasteiger partial charge is 0.489 e. The van der Waals surface area contributed by atoms with Crippen LogP contribution in [0.1, 0.15) is 53.5 Å². The Balaban J connectivity index is 0.769. The van der Waals surface area contributed by atoms with E-state index < -0.39 is 24.1 Å². The number of thioether (sulfide) groups is 1. The van der Waals surface area contributed by atoms with Gasteiger partial charge in [-0.2, -0.15) is 5.10 Å². The van der Waals surface area contributed by atoms with Gasteiger partial charge in [0.05, 0.1) is 25.4 Å². The molecule has 3 aromatic heterocycles. The maximum Gasteiger partial charge on any atom is 0.296 e. The van der Waals surface area contributed by atoms with Crippen LogP contribution in [0.15, 0.2) is 78.0 Å². The Morgan fingerprint density at radius 1 is 0.955 bits per heavy atom. The number of carbonyl (C=O) groups is 3. The van der Waals surface area contributed by atoms with Crippen LogP contribution in [0.4, 0.5) is 11.5 Å². The lowest BCUT2D eigenvalue weighted by Crippen LogP contribution is -2.48. The number of hydrogen-bond acceptors (Lipinski definition) is 16. The van der Waals surface area contributed by atoms with Gasteiger partial charge in [0.2, 0.25) is 5.91 Å². The molecule has 0 bridgehead atoms. The van der Waals surface area contributed by atoms with Gasteiger partial charge in [0.15, 0.2) is 34.2 Å². The van der Waals surface area contributed by atoms with Gasteiger partial charge < -0.3 is 41.2 Å². The molecule has 0 saturated carbocycles. The average molecular weight is 927 g/mol. The van der Waals surface area contributed by atoms with Crippen molar-refractivity contribution < 1.29 is 29.0 Å². The molecule has 0 radical (unpaired) electrons. The van der Waals surface area contributed by atoms with Crippen molar-refractivity contribution in [3.05, 3.63) is 107 Å². The third-order valence-corrected chi connectivity index (χ3v) is 11.0. The fourth-order valence-electron chi connectivity index (χ4n) is 6.55. The first kappa shape index (κ1) is 47.6. The van der Waals surface area contributed by atoms with Gasteiger partial charge in [0.25, 0.3) is 11.8 Å². The fraction of sp³-hybridized carbons (Fsp3) is 0.326. The van der Waals surface area contributed by atoms with Gasteiger partial charge in [-0.05, 0) is 53.9 Å². The number of hydrogen-bond donors (Lipinski definition) is 7. The van der Waals surface area contributed by atoms with Crippen molar-refractivity contribution in [1.82, 2.24) is 56.1 Å². The highest BCUT2D eigenvalue weighted by Gasteiger charge is 2.31. The van der Waals surface area contributed by atoms with E-state index in [2.05, 4.69) is 82.4 Å². The number of nitrogens with two attached hydrogens (primary N) is 1. The number of aliphatic hydroxyl groups excluding tert-OH is 1. The van der Waals surface area contributed by atoms with Crippen molar-refractivity contribution in [3.63, 3.8) is 0 Å². The number of nitrogens with zero attached hydrogens (tertiary/aromatic N) is 8. The van der Waals surface area contributed by atoms with E-state index in [0.717, 1.165) is 23.3 Å². The lowest BCUT2D eigenvalue weighted by molar-refractivity contribution is -0.122. The molecule has 67 heavy (non-hydrogen) atoms. The molecule has 0 aliphatic carbocycles. The molecular weight excluding hydrogens is 877 g/mol. The van der Waals surface area contributed by atoms with E-state index in [1.165, 1.54) is 4.90 Å². The summed E-state index contributed by atoms with van der Waals surface area (Å²) in [5, 5.41) is 38.5. The number of aromatic amines is 1. The molecule has 1 aliphatic rings. The van der Waals surface area contributed by atoms with E-state index >= 15 is 0 Å². The standard InChI is InChI=1S/C46H50N14O6S/c1-3-26-67-46-53-41(50-21-20-47)40-43(54-46)60(58-56-40)28-33-14-10-31(11-15-33)17-19-39(62)49-23-25-65-24-22-48-38(61)18-16-30-8-12-32(13-9-30)27-37-52-42(57-55-37)44(63)51-34-29-66-36-7-5-4-6-35(36)59(2)45(34)64/h4-15,34,44,51,63H,3,20-29,47H2,1-2H3,(H,48,61)(H,49,62)(H,50,53,54)(H,52,55,57)/t34-,44?/m0/s1. The maximum atomic E-state index is 13.0. The molecule has 3 aromatic carbocycles. The summed E-state index contributed by atoms with van der Waals surface area (Å²) in [5.41, 5.74) is 10.7. The molecule has 7 rings (SSSR count). The van der Waals surface area contributed by atoms with Gasteiger partial charge in [-0.15, -0.1) is 5.10 Å². The van der Waals surface area contributed by atoms with E-state index in [1.807, 2.05) is 48.5 Å². The first-order chi connectivity index (χ1) is 32.7. The number of amides is 3. The molecule has 2 atom stereocenters. The average Bonchev–Trinajstić information content (AvgIpc) is 3.97. The summed E-state index contributed by atoms with van der Waals surface area (Å²) >= 11 is 1.58. The van der Waals surface area contributed by atoms with E-state index in [0.29, 0.717) is 76.6 Å². The predicted octanol–water partition coefficient (Wildman–Crippen LogP) is 1.51. The maximum absolute atomic E-state index is 13.0. The topological polar surface area (TPSA) is 265 Å². The third kappa shape index (κ3) is 13.3. The Hall–Kier alpha value is -7.40. The Bertz CT molecular complexity index is 2780. The Kier molecular flexibility index (Phi) is 16.8. The molecule has 4 heterocycles. The van der Waals surface area contributed by atoms with Gasteiger partial charge in [0, 0.05) is 68.4 Å². The van der Waals surface area contributed by atoms with Crippen LogP contribution >= 0.6 is 11.8 Å². The third-order valence-electron chi connectivity index (χ3n) is 9.94. The van der Waals surface area contributed by atoms with Crippen molar-refractivity contribution in [2.45, 2.75) is 43.7 Å². The van der Waals surface area contributed by atoms with Gasteiger partial charge in [0.1, 0.15) is 24.2 Å². The number of benzene rings is 3. The van der Waals surface area contributed by atoms with Crippen LogP contribution in [0.3, 0.4) is 0 Å². The minimum atomic E-state index is -1.31. The lowest BCUT2D eigenvalue weighted by Gasteiger charge is -2.21. The van der Waals surface area contributed by atoms with Crippen molar-refractivity contribution in [2.24, 2.45) is 5.73 Å². The number of H-pyrrole nitrogens is 1. The summed E-state index contributed by atoms with van der Waals surface area (Å²) in [6.45, 7) is 4.52. The van der Waals surface area contributed by atoms with Crippen LogP contribution < -0.4 is 36.6 Å². The Morgan fingerprint density at radius 3 is 2.33 bits per heavy atom. The molecule has 20 nitrogen and oxygen atoms in total. The Morgan fingerprint density at radius 2 is 1.64 bits per heavy atom. The monoisotopic (exact) mass is 926 g/mol. The van der Waals surface area contributed by atoms with Gasteiger partial charge in [-0.3, -0.25) is 24.8 Å². The number of para-hydroxylation sites is 2. The molecule has 1 unspecified atom stereocenters. The molecule has 0 fully saturated rings. The predicted molar refractivity (Wildman–Crippen MR) is 251 cm³/mol. The van der Waals surface area contributed by atoms with Gasteiger partial charge >= 0.3 is 0 Å². The molecule has 0 saturated heterocycles. The van der Waals surface area contributed by atoms with Crippen molar-refractivity contribution in [2.75, 3.05) is 69.0 Å². The highest BCUT2D eigenvalue weighted by atomic mass is 32.2. The van der Waals surface area contributed by atoms with Crippen LogP contribution in [0, 0.1) is 23.7 Å². The van der Waals surface area contributed by atoms with Crippen LogP contribution in [-0.4, -0.2) is 128 Å². The van der Waals surface area contributed by atoms with Crippen molar-refractivity contribution >= 4 is 52.2 Å². The quantitative estimate of drug-likeness (QED) is 0.0200. The normalized spacial score (nSPS) is 13.6. The van der Waals surface area contributed by atoms with Gasteiger partial charge in [-0.25, -0.2) is 19.6 Å². The molecule has 21 heteroatoms. The number of anilines is 2. The molecule has 8 N–H and O–H groups in total. The smallest absolute Gasteiger partial charge is 0.296 e. The summed E-state index contributed by atoms with van der Waals surface area (Å²) < 4.78 is 13.1. The molecule has 1 aliphatic heterocycles. The molecule has 0 spiro atoms. The van der Waals surface area contributed by atoms with Crippen molar-refractivity contribution in [1.29, 1.82) is 0 Å². The van der Waals surface area contributed by atoms with Crippen LogP contribution in [-0.2, 0) is 32.1 Å². The zero-order chi connectivity index (χ0) is 47.0. The summed E-state index contributed by atoms with van der Waals surface area (Å²) in [5.74, 6) is 12.4. The molecular formula is C46H50N14O6S. The van der Waals surface area contributed by atoms with Crippen LogP contribution in [0.25, 0.3) is 11.2 Å². The zero-order valence-electron chi connectivity index (χ0n) is 36.9. The summed E-state index contributed by atoms with van der Waals surface area (Å²) in [6, 6.07) is 21.2. The molecule has 6 aromatic rings. The number of fused-ring (bicyclic) bond motifs is 2. The highest BCUT2D eigenvalue weighted by molar-refractivity contribution is 7.99. The number of rotatable bonds is 19. The van der Waals surface area contributed by atoms with Crippen molar-refractivity contribution in [3.8, 4) is 29.4 Å². The first-order valence-electron chi connectivity index (χ1n) is 21.5. The second-order valence-electron chi connectivity index (χ2n) is 15.0. The fourth-order valence-corrected chi connectivity index (χ4v) is 7.24. The van der Waals surface area contributed by atoms with Gasteiger partial charge in [-0.1, -0.05) is 72.1 Å². The number of aliphatic hydroxyl groups is 1. The van der Waals surface area contributed by atoms with E-state index in [-0.39, 0.29) is 44.6 Å². The number of carbonyl (C=O) groups excluding carboxylic acids is 3. The number of nitrogens with one attached hydrogen (secondary N) is 5.